The Kier molecular flexibility index (Phi) is 4.95. The van der Waals surface area contributed by atoms with Crippen LogP contribution in [-0.2, 0) is 21.0 Å². The Morgan fingerprint density at radius 1 is 1.12 bits per heavy atom. The molecule has 2 aromatic rings. The van der Waals surface area contributed by atoms with E-state index in [4.69, 9.17) is 22.1 Å². The lowest BCUT2D eigenvalue weighted by Gasteiger charge is -2.11. The van der Waals surface area contributed by atoms with Crippen LogP contribution in [-0.4, -0.2) is 32.9 Å². The maximum atomic E-state index is 13.1. The van der Waals surface area contributed by atoms with E-state index >= 15 is 0 Å². The van der Waals surface area contributed by atoms with Crippen LogP contribution in [0, 0.1) is 0 Å². The number of sulfone groups is 1. The summed E-state index contributed by atoms with van der Waals surface area (Å²) in [6.45, 7) is 2.27. The molecule has 2 N–H and O–H groups in total. The van der Waals surface area contributed by atoms with Crippen molar-refractivity contribution in [1.82, 2.24) is 0 Å². The lowest BCUT2D eigenvalue weighted by molar-refractivity contribution is 0.171. The molecule has 1 aliphatic rings. The number of ether oxygens (including phenoxy) is 1. The molecule has 3 rings (SSSR count). The van der Waals surface area contributed by atoms with Gasteiger partial charge in [0.1, 0.15) is 0 Å². The molecule has 1 aliphatic carbocycles. The zero-order chi connectivity index (χ0) is 18.2. The second kappa shape index (κ2) is 6.72. The van der Waals surface area contributed by atoms with Crippen molar-refractivity contribution >= 4 is 21.4 Å². The van der Waals surface area contributed by atoms with E-state index in [0.29, 0.717) is 5.02 Å². The van der Waals surface area contributed by atoms with Crippen LogP contribution in [0.5, 0.6) is 0 Å². The normalized spacial score (nSPS) is 25.8. The van der Waals surface area contributed by atoms with E-state index in [0.717, 1.165) is 12.0 Å². The Morgan fingerprint density at radius 3 is 2.24 bits per heavy atom. The molecule has 2 aromatic carbocycles. The zero-order valence-corrected chi connectivity index (χ0v) is 15.8. The highest BCUT2D eigenvalue weighted by molar-refractivity contribution is 7.92. The molecule has 1 saturated carbocycles. The van der Waals surface area contributed by atoms with Gasteiger partial charge in [0.2, 0.25) is 0 Å². The molecule has 4 nitrogen and oxygen atoms in total. The zero-order valence-electron chi connectivity index (χ0n) is 14.3. The molecule has 0 unspecified atom stereocenters. The first-order valence-electron chi connectivity index (χ1n) is 8.20. The second-order valence-electron chi connectivity index (χ2n) is 6.54. The fourth-order valence-electron chi connectivity index (χ4n) is 3.53. The minimum atomic E-state index is -3.59. The molecule has 134 valence electrons. The summed E-state index contributed by atoms with van der Waals surface area (Å²) < 4.78 is 31.5. The Balaban J connectivity index is 1.99. The summed E-state index contributed by atoms with van der Waals surface area (Å²) in [6.07, 6.45) is 0.934. The van der Waals surface area contributed by atoms with Gasteiger partial charge in [0.05, 0.1) is 22.3 Å². The molecule has 6 heteroatoms. The van der Waals surface area contributed by atoms with Crippen molar-refractivity contribution in [2.45, 2.75) is 34.9 Å². The van der Waals surface area contributed by atoms with Crippen LogP contribution in [0.3, 0.4) is 0 Å². The number of methoxy groups -OCH3 is 1. The molecule has 3 atom stereocenters. The molecule has 0 amide bonds. The van der Waals surface area contributed by atoms with Crippen LogP contribution < -0.4 is 5.73 Å². The summed E-state index contributed by atoms with van der Waals surface area (Å²) in [5, 5.41) is -0.217. The molecule has 0 bridgehead atoms. The van der Waals surface area contributed by atoms with E-state index in [1.54, 1.807) is 12.1 Å². The van der Waals surface area contributed by atoms with Crippen molar-refractivity contribution in [3.05, 3.63) is 64.7 Å². The van der Waals surface area contributed by atoms with E-state index in [-0.39, 0.29) is 17.4 Å². The molecule has 25 heavy (non-hydrogen) atoms. The Hall–Kier alpha value is -1.40. The fourth-order valence-corrected chi connectivity index (χ4v) is 5.95. The highest BCUT2D eigenvalue weighted by atomic mass is 35.5. The van der Waals surface area contributed by atoms with Gasteiger partial charge in [-0.2, -0.15) is 0 Å². The first-order valence-corrected chi connectivity index (χ1v) is 10.1. The van der Waals surface area contributed by atoms with Crippen molar-refractivity contribution < 1.29 is 13.2 Å². The quantitative estimate of drug-likeness (QED) is 0.836. The number of halogens is 1. The van der Waals surface area contributed by atoms with Gasteiger partial charge in [-0.1, -0.05) is 42.8 Å². The predicted molar refractivity (Wildman–Crippen MR) is 99.8 cm³/mol. The number of nitrogens with two attached hydrogens (primary N) is 1. The first-order chi connectivity index (χ1) is 11.8. The van der Waals surface area contributed by atoms with Crippen LogP contribution in [0.15, 0.2) is 53.4 Å². The van der Waals surface area contributed by atoms with Crippen molar-refractivity contribution in [3.63, 3.8) is 0 Å². The second-order valence-corrected chi connectivity index (χ2v) is 9.04. The van der Waals surface area contributed by atoms with E-state index in [2.05, 4.69) is 6.92 Å². The van der Waals surface area contributed by atoms with Crippen LogP contribution in [0.25, 0.3) is 0 Å². The van der Waals surface area contributed by atoms with Crippen LogP contribution in [0.2, 0.25) is 5.02 Å². The van der Waals surface area contributed by atoms with E-state index in [9.17, 15) is 8.42 Å². The van der Waals surface area contributed by atoms with E-state index in [1.165, 1.54) is 24.8 Å². The van der Waals surface area contributed by atoms with Crippen LogP contribution in [0.4, 0.5) is 0 Å². The van der Waals surface area contributed by atoms with Gasteiger partial charge in [0.15, 0.2) is 9.84 Å². The fraction of sp³-hybridized carbons (Fsp3) is 0.368. The molecule has 0 aliphatic heterocycles. The van der Waals surface area contributed by atoms with Crippen LogP contribution in [0.1, 0.15) is 24.0 Å². The van der Waals surface area contributed by atoms with Crippen molar-refractivity contribution in [1.29, 1.82) is 0 Å². The number of aryl methyl sites for hydroxylation is 1. The minimum absolute atomic E-state index is 0.185. The summed E-state index contributed by atoms with van der Waals surface area (Å²) in [4.78, 5) is 0.237. The van der Waals surface area contributed by atoms with E-state index < -0.39 is 20.6 Å². The monoisotopic (exact) mass is 379 g/mol. The molecule has 0 saturated heterocycles. The molecule has 0 radical (unpaired) electrons. The molecule has 0 spiro atoms. The standard InChI is InChI=1S/C19H22ClNO3S/c1-3-13-4-6-14(7-5-13)17-18(19(17,21)12-24-2)25(22,23)16-10-8-15(20)9-11-16/h4-11,17-18H,3,12,21H2,1-2H3/t17-,18+,19+/m0/s1. The molecular formula is C19H22ClNO3S. The summed E-state index contributed by atoms with van der Waals surface area (Å²) in [6, 6.07) is 14.2. The molecule has 1 fully saturated rings. The van der Waals surface area contributed by atoms with Gasteiger partial charge in [0, 0.05) is 18.1 Å². The highest BCUT2D eigenvalue weighted by Gasteiger charge is 2.69. The Labute approximate surface area is 153 Å². The number of benzene rings is 2. The lowest BCUT2D eigenvalue weighted by Crippen LogP contribution is -2.35. The third-order valence-corrected chi connectivity index (χ3v) is 7.48. The van der Waals surface area contributed by atoms with E-state index in [1.807, 2.05) is 24.3 Å². The molecule has 0 aromatic heterocycles. The number of hydrogen-bond acceptors (Lipinski definition) is 4. The average Bonchev–Trinajstić information content (AvgIpc) is 3.22. The highest BCUT2D eigenvalue weighted by Crippen LogP contribution is 2.55. The topological polar surface area (TPSA) is 69.4 Å². The average molecular weight is 380 g/mol. The third kappa shape index (κ3) is 3.22. The maximum absolute atomic E-state index is 13.1. The van der Waals surface area contributed by atoms with Crippen molar-refractivity contribution in [2.24, 2.45) is 5.73 Å². The first kappa shape index (κ1) is 18.4. The largest absolute Gasteiger partial charge is 0.383 e. The number of rotatable bonds is 6. The van der Waals surface area contributed by atoms with Gasteiger partial charge in [-0.05, 0) is 41.8 Å². The van der Waals surface area contributed by atoms with Gasteiger partial charge in [0.25, 0.3) is 0 Å². The maximum Gasteiger partial charge on any atom is 0.183 e. The number of hydrogen-bond donors (Lipinski definition) is 1. The van der Waals surface area contributed by atoms with Gasteiger partial charge < -0.3 is 10.5 Å². The summed E-state index contributed by atoms with van der Waals surface area (Å²) in [7, 11) is -2.05. The van der Waals surface area contributed by atoms with Gasteiger partial charge in [-0.15, -0.1) is 0 Å². The van der Waals surface area contributed by atoms with Crippen LogP contribution >= 0.6 is 11.6 Å². The van der Waals surface area contributed by atoms with Gasteiger partial charge in [-0.25, -0.2) is 8.42 Å². The Bertz CT molecular complexity index is 849. The lowest BCUT2D eigenvalue weighted by atomic mass is 10.0. The Morgan fingerprint density at radius 2 is 1.72 bits per heavy atom. The summed E-state index contributed by atoms with van der Waals surface area (Å²) >= 11 is 5.88. The SMILES string of the molecule is CCc1ccc([C@H]2[C@@H](S(=O)(=O)c3ccc(Cl)cc3)[C@@]2(N)COC)cc1. The molecule has 0 heterocycles. The summed E-state index contributed by atoms with van der Waals surface area (Å²) in [5.41, 5.74) is 7.68. The van der Waals surface area contributed by atoms with Gasteiger partial charge in [-0.3, -0.25) is 0 Å². The minimum Gasteiger partial charge on any atom is -0.383 e. The smallest absolute Gasteiger partial charge is 0.183 e. The van der Waals surface area contributed by atoms with Crippen molar-refractivity contribution in [3.8, 4) is 0 Å². The summed E-state index contributed by atoms with van der Waals surface area (Å²) in [5.74, 6) is -0.293. The predicted octanol–water partition coefficient (Wildman–Crippen LogP) is 3.19. The van der Waals surface area contributed by atoms with Crippen molar-refractivity contribution in [2.75, 3.05) is 13.7 Å². The third-order valence-electron chi connectivity index (χ3n) is 4.92. The van der Waals surface area contributed by atoms with Gasteiger partial charge >= 0.3 is 0 Å². The molecular weight excluding hydrogens is 358 g/mol.